The molecule has 3 rings (SSSR count). The van der Waals surface area contributed by atoms with E-state index in [2.05, 4.69) is 67.6 Å². The smallest absolute Gasteiger partial charge is 1.00 e. The van der Waals surface area contributed by atoms with Crippen molar-refractivity contribution in [2.45, 2.75) is 13.3 Å². The van der Waals surface area contributed by atoms with E-state index >= 15 is 0 Å². The van der Waals surface area contributed by atoms with E-state index in [1.807, 2.05) is 0 Å². The molecule has 0 N–H and O–H groups in total. The topological polar surface area (TPSA) is 0 Å². The van der Waals surface area contributed by atoms with Crippen molar-refractivity contribution < 1.29 is 50.7 Å². The van der Waals surface area contributed by atoms with Crippen LogP contribution in [0, 0.1) is 0 Å². The average molecular weight is 335 g/mol. The molecule has 0 radical (unpaired) electrons. The average Bonchev–Trinajstić information content (AvgIpc) is 2.82. The molecule has 0 aromatic heterocycles. The molecule has 3 aromatic carbocycles. The molecule has 0 aliphatic heterocycles. The van der Waals surface area contributed by atoms with Gasteiger partial charge in [-0.1, -0.05) is 48.9 Å². The maximum atomic E-state index is 2.32. The normalized spacial score (nSPS) is 9.25. The Morgan fingerprint density at radius 3 is 2.25 bits per heavy atom. The van der Waals surface area contributed by atoms with Gasteiger partial charge in [0.25, 0.3) is 0 Å². The first-order valence-electron chi connectivity index (χ1n) is 6.12. The number of hydrogen-bond acceptors (Lipinski definition) is 0. The van der Waals surface area contributed by atoms with E-state index in [0.717, 1.165) is 6.42 Å². The van der Waals surface area contributed by atoms with Gasteiger partial charge in [-0.3, -0.25) is 0 Å². The zero-order valence-corrected chi connectivity index (χ0v) is 14.6. The van der Waals surface area contributed by atoms with E-state index in [0.29, 0.717) is 0 Å². The van der Waals surface area contributed by atoms with E-state index in [1.54, 1.807) is 0 Å². The van der Waals surface area contributed by atoms with Crippen molar-refractivity contribution in [3.05, 3.63) is 66.2 Å². The van der Waals surface area contributed by atoms with Crippen molar-refractivity contribution in [3.8, 4) is 11.1 Å². The third-order valence-corrected chi connectivity index (χ3v) is 3.30. The number of halogens is 2. The van der Waals surface area contributed by atoms with E-state index in [9.17, 15) is 0 Å². The summed E-state index contributed by atoms with van der Waals surface area (Å²) in [4.78, 5) is 0. The molecule has 0 atom stereocenters. The van der Waals surface area contributed by atoms with Gasteiger partial charge >= 0.3 is 25.8 Å². The Hall–Kier alpha value is -0.500. The van der Waals surface area contributed by atoms with Crippen LogP contribution < -0.4 is 24.8 Å². The van der Waals surface area contributed by atoms with Gasteiger partial charge in [0.15, 0.2) is 0 Å². The molecule has 100 valence electrons. The molecule has 0 saturated heterocycles. The van der Waals surface area contributed by atoms with Gasteiger partial charge in [0.1, 0.15) is 0 Å². The number of fused-ring (bicyclic) bond motifs is 1. The Kier molecular flexibility index (Phi) is 8.50. The Morgan fingerprint density at radius 2 is 1.60 bits per heavy atom. The summed E-state index contributed by atoms with van der Waals surface area (Å²) >= 11 is 0. The fourth-order valence-electron chi connectivity index (χ4n) is 2.37. The molecule has 0 saturated carbocycles. The van der Waals surface area contributed by atoms with Crippen LogP contribution in [-0.4, -0.2) is 0 Å². The second-order valence-corrected chi connectivity index (χ2v) is 4.39. The van der Waals surface area contributed by atoms with Gasteiger partial charge in [-0.05, 0) is 12.0 Å². The van der Waals surface area contributed by atoms with Crippen LogP contribution in [-0.2, 0) is 32.3 Å². The van der Waals surface area contributed by atoms with Gasteiger partial charge in [-0.2, -0.15) is 6.07 Å². The summed E-state index contributed by atoms with van der Waals surface area (Å²) in [6, 6.07) is 21.8. The monoisotopic (exact) mass is 334 g/mol. The van der Waals surface area contributed by atoms with Crippen molar-refractivity contribution >= 4 is 10.8 Å². The van der Waals surface area contributed by atoms with Gasteiger partial charge in [-0.15, -0.1) is 34.5 Å². The Bertz CT molecular complexity index is 644. The summed E-state index contributed by atoms with van der Waals surface area (Å²) in [5.41, 5.74) is 4.05. The molecule has 0 nitrogen and oxygen atoms in total. The Morgan fingerprint density at radius 1 is 0.900 bits per heavy atom. The van der Waals surface area contributed by atoms with Crippen molar-refractivity contribution in [1.29, 1.82) is 0 Å². The second-order valence-electron chi connectivity index (χ2n) is 4.39. The van der Waals surface area contributed by atoms with Crippen LogP contribution in [0.1, 0.15) is 12.5 Å². The van der Waals surface area contributed by atoms with E-state index in [1.165, 1.54) is 27.5 Å². The molecule has 0 aliphatic rings. The standard InChI is InChI=1S/C17H15.2ClH.Sc/c1-2-13-11-15-9-6-10-16(17(15)12-13)14-7-4-3-5-8-14;;;/h3-12H,2H2,1H3;2*1H;/q-1;;;+3/p-2. The number of aryl methyl sites for hydroxylation is 1. The summed E-state index contributed by atoms with van der Waals surface area (Å²) in [7, 11) is 0. The van der Waals surface area contributed by atoms with Crippen molar-refractivity contribution in [2.75, 3.05) is 0 Å². The van der Waals surface area contributed by atoms with Crippen LogP contribution in [0.4, 0.5) is 0 Å². The van der Waals surface area contributed by atoms with Crippen molar-refractivity contribution in [2.24, 2.45) is 0 Å². The fourth-order valence-corrected chi connectivity index (χ4v) is 2.37. The SMILES string of the molecule is CCc1cc2c(-c3ccccc3)cccc2[cH-]1.[Cl-].[Cl-].[Sc+3]. The molecule has 0 unspecified atom stereocenters. The van der Waals surface area contributed by atoms with Gasteiger partial charge in [0.05, 0.1) is 0 Å². The second kappa shape index (κ2) is 8.71. The third kappa shape index (κ3) is 3.78. The Balaban J connectivity index is 0.00000120. The summed E-state index contributed by atoms with van der Waals surface area (Å²) < 4.78 is 0. The first kappa shape index (κ1) is 19.5. The predicted octanol–water partition coefficient (Wildman–Crippen LogP) is -1.21. The van der Waals surface area contributed by atoms with E-state index in [-0.39, 0.29) is 50.7 Å². The number of hydrogen-bond donors (Lipinski definition) is 0. The first-order valence-corrected chi connectivity index (χ1v) is 6.12. The largest absolute Gasteiger partial charge is 3.00 e. The zero-order chi connectivity index (χ0) is 11.7. The fraction of sp³-hybridized carbons (Fsp3) is 0.118. The first-order chi connectivity index (χ1) is 8.38. The summed E-state index contributed by atoms with van der Waals surface area (Å²) in [6.07, 6.45) is 1.10. The van der Waals surface area contributed by atoms with E-state index in [4.69, 9.17) is 0 Å². The molecular weight excluding hydrogens is 320 g/mol. The summed E-state index contributed by atoms with van der Waals surface area (Å²) in [5, 5.41) is 2.72. The quantitative estimate of drug-likeness (QED) is 0.516. The van der Waals surface area contributed by atoms with Crippen molar-refractivity contribution in [1.82, 2.24) is 0 Å². The van der Waals surface area contributed by atoms with Crippen LogP contribution in [0.3, 0.4) is 0 Å². The van der Waals surface area contributed by atoms with Gasteiger partial charge in [0.2, 0.25) is 0 Å². The minimum Gasteiger partial charge on any atom is -1.00 e. The maximum Gasteiger partial charge on any atom is 3.00 e. The predicted molar refractivity (Wildman–Crippen MR) is 74.4 cm³/mol. The molecule has 3 aromatic rings. The minimum atomic E-state index is 0. The van der Waals surface area contributed by atoms with Crippen molar-refractivity contribution in [3.63, 3.8) is 0 Å². The minimum absolute atomic E-state index is 0. The zero-order valence-electron chi connectivity index (χ0n) is 11.3. The van der Waals surface area contributed by atoms with Crippen LogP contribution in [0.25, 0.3) is 21.9 Å². The molecule has 0 heterocycles. The molecule has 20 heavy (non-hydrogen) atoms. The molecule has 0 aliphatic carbocycles. The van der Waals surface area contributed by atoms with Gasteiger partial charge in [0, 0.05) is 0 Å². The molecule has 0 amide bonds. The summed E-state index contributed by atoms with van der Waals surface area (Å²) in [6.45, 7) is 2.20. The third-order valence-electron chi connectivity index (χ3n) is 3.30. The van der Waals surface area contributed by atoms with Crippen LogP contribution in [0.15, 0.2) is 60.7 Å². The van der Waals surface area contributed by atoms with E-state index < -0.39 is 0 Å². The molecule has 3 heteroatoms. The van der Waals surface area contributed by atoms with Gasteiger partial charge in [-0.25, -0.2) is 0 Å². The number of benzene rings is 2. The number of rotatable bonds is 2. The van der Waals surface area contributed by atoms with Crippen LogP contribution in [0.5, 0.6) is 0 Å². The molecular formula is C17H15Cl2Sc. The molecule has 0 spiro atoms. The van der Waals surface area contributed by atoms with Crippen LogP contribution >= 0.6 is 0 Å². The van der Waals surface area contributed by atoms with Crippen LogP contribution in [0.2, 0.25) is 0 Å². The maximum absolute atomic E-state index is 2.32. The molecule has 0 fully saturated rings. The molecule has 0 bridgehead atoms. The Labute approximate surface area is 151 Å². The van der Waals surface area contributed by atoms with Gasteiger partial charge < -0.3 is 24.8 Å². The summed E-state index contributed by atoms with van der Waals surface area (Å²) in [5.74, 6) is 0.